The molecular formula is C21H26N2O4. The molecule has 2 aromatic rings. The Labute approximate surface area is 159 Å². The van der Waals surface area contributed by atoms with Crippen molar-refractivity contribution in [2.75, 3.05) is 24.7 Å². The fourth-order valence-corrected chi connectivity index (χ4v) is 3.22. The highest BCUT2D eigenvalue weighted by Crippen LogP contribution is 2.25. The molecule has 1 aliphatic rings. The van der Waals surface area contributed by atoms with Crippen LogP contribution in [0.5, 0.6) is 5.75 Å². The molecule has 1 fully saturated rings. The lowest BCUT2D eigenvalue weighted by molar-refractivity contribution is -0.137. The number of morpholine rings is 1. The number of aromatic nitrogens is 1. The van der Waals surface area contributed by atoms with Crippen LogP contribution >= 0.6 is 0 Å². The molecule has 0 amide bonds. The predicted octanol–water partition coefficient (Wildman–Crippen LogP) is 3.43. The summed E-state index contributed by atoms with van der Waals surface area (Å²) in [4.78, 5) is 17.3. The van der Waals surface area contributed by atoms with Gasteiger partial charge < -0.3 is 19.5 Å². The first-order chi connectivity index (χ1) is 13.1. The Morgan fingerprint density at radius 3 is 2.93 bits per heavy atom. The first kappa shape index (κ1) is 19.2. The minimum absolute atomic E-state index is 0.159. The standard InChI is InChI=1S/C21H26N2O4/c1-16-5-7-17(8-6-16)14-27-20-11-19(12-22-13-20)23-9-10-26-15-18(23)3-2-4-21(24)25/h5-8,11-13,18H,2-4,9-10,14-15H2,1H3,(H,24,25). The van der Waals surface area contributed by atoms with E-state index >= 15 is 0 Å². The number of pyridine rings is 1. The molecule has 6 nitrogen and oxygen atoms in total. The summed E-state index contributed by atoms with van der Waals surface area (Å²) in [5.74, 6) is -0.0321. The third kappa shape index (κ3) is 5.69. The van der Waals surface area contributed by atoms with E-state index in [1.54, 1.807) is 6.20 Å². The number of carbonyl (C=O) groups is 1. The number of aliphatic carboxylic acids is 1. The van der Waals surface area contributed by atoms with Crippen molar-refractivity contribution >= 4 is 11.7 Å². The van der Waals surface area contributed by atoms with Crippen LogP contribution in [0, 0.1) is 6.92 Å². The van der Waals surface area contributed by atoms with Crippen molar-refractivity contribution in [1.82, 2.24) is 4.98 Å². The maximum absolute atomic E-state index is 10.8. The number of rotatable bonds is 8. The Morgan fingerprint density at radius 2 is 2.15 bits per heavy atom. The van der Waals surface area contributed by atoms with Crippen molar-refractivity contribution < 1.29 is 19.4 Å². The normalized spacial score (nSPS) is 16.9. The van der Waals surface area contributed by atoms with E-state index < -0.39 is 5.97 Å². The Balaban J connectivity index is 1.63. The maximum Gasteiger partial charge on any atom is 0.303 e. The highest BCUT2D eigenvalue weighted by atomic mass is 16.5. The van der Waals surface area contributed by atoms with Crippen molar-refractivity contribution in [3.8, 4) is 5.75 Å². The maximum atomic E-state index is 10.8. The molecular weight excluding hydrogens is 344 g/mol. The van der Waals surface area contributed by atoms with E-state index in [0.29, 0.717) is 26.2 Å². The monoisotopic (exact) mass is 370 g/mol. The summed E-state index contributed by atoms with van der Waals surface area (Å²) < 4.78 is 11.5. The average molecular weight is 370 g/mol. The number of carboxylic acid groups (broad SMARTS) is 1. The number of benzene rings is 1. The molecule has 0 radical (unpaired) electrons. The molecule has 1 atom stereocenters. The Kier molecular flexibility index (Phi) is 6.65. The second-order valence-electron chi connectivity index (χ2n) is 6.86. The Bertz CT molecular complexity index is 748. The number of hydrogen-bond donors (Lipinski definition) is 1. The molecule has 144 valence electrons. The van der Waals surface area contributed by atoms with Crippen LogP contribution in [-0.2, 0) is 16.1 Å². The molecule has 6 heteroatoms. The third-order valence-electron chi connectivity index (χ3n) is 4.71. The molecule has 0 spiro atoms. The number of anilines is 1. The van der Waals surface area contributed by atoms with E-state index in [2.05, 4.69) is 41.1 Å². The summed E-state index contributed by atoms with van der Waals surface area (Å²) in [5, 5.41) is 8.86. The van der Waals surface area contributed by atoms with Crippen LogP contribution < -0.4 is 9.64 Å². The number of aryl methyl sites for hydroxylation is 1. The van der Waals surface area contributed by atoms with Crippen molar-refractivity contribution in [3.05, 3.63) is 53.9 Å². The molecule has 1 aromatic carbocycles. The molecule has 1 aliphatic heterocycles. The lowest BCUT2D eigenvalue weighted by atomic mass is 10.1. The zero-order valence-electron chi connectivity index (χ0n) is 15.6. The number of carboxylic acids is 1. The van der Waals surface area contributed by atoms with Crippen LogP contribution in [-0.4, -0.2) is 41.9 Å². The van der Waals surface area contributed by atoms with Gasteiger partial charge in [0.1, 0.15) is 12.4 Å². The SMILES string of the molecule is Cc1ccc(COc2cncc(N3CCOCC3CCCC(=O)O)c2)cc1. The number of ether oxygens (including phenoxy) is 2. The number of hydrogen-bond acceptors (Lipinski definition) is 5. The summed E-state index contributed by atoms with van der Waals surface area (Å²) in [6.45, 7) is 4.59. The fraction of sp³-hybridized carbons (Fsp3) is 0.429. The second-order valence-corrected chi connectivity index (χ2v) is 6.86. The van der Waals surface area contributed by atoms with Gasteiger partial charge in [-0.15, -0.1) is 0 Å². The van der Waals surface area contributed by atoms with Crippen molar-refractivity contribution in [2.24, 2.45) is 0 Å². The molecule has 1 N–H and O–H groups in total. The largest absolute Gasteiger partial charge is 0.487 e. The van der Waals surface area contributed by atoms with Gasteiger partial charge in [-0.1, -0.05) is 29.8 Å². The summed E-state index contributed by atoms with van der Waals surface area (Å²) >= 11 is 0. The second kappa shape index (κ2) is 9.37. The van der Waals surface area contributed by atoms with E-state index in [1.165, 1.54) is 5.56 Å². The van der Waals surface area contributed by atoms with Gasteiger partial charge in [0.05, 0.1) is 37.3 Å². The van der Waals surface area contributed by atoms with E-state index in [-0.39, 0.29) is 12.5 Å². The summed E-state index contributed by atoms with van der Waals surface area (Å²) in [7, 11) is 0. The topological polar surface area (TPSA) is 71.9 Å². The van der Waals surface area contributed by atoms with Gasteiger partial charge in [-0.2, -0.15) is 0 Å². The van der Waals surface area contributed by atoms with Gasteiger partial charge in [0.25, 0.3) is 0 Å². The van der Waals surface area contributed by atoms with Crippen LogP contribution in [0.1, 0.15) is 30.4 Å². The van der Waals surface area contributed by atoms with Crippen molar-refractivity contribution in [1.29, 1.82) is 0 Å². The van der Waals surface area contributed by atoms with Gasteiger partial charge in [-0.05, 0) is 25.3 Å². The van der Waals surface area contributed by atoms with E-state index in [9.17, 15) is 4.79 Å². The third-order valence-corrected chi connectivity index (χ3v) is 4.71. The molecule has 3 rings (SSSR count). The molecule has 0 saturated carbocycles. The lowest BCUT2D eigenvalue weighted by Gasteiger charge is -2.37. The highest BCUT2D eigenvalue weighted by Gasteiger charge is 2.23. The summed E-state index contributed by atoms with van der Waals surface area (Å²) in [6, 6.07) is 10.4. The van der Waals surface area contributed by atoms with Gasteiger partial charge in [0.2, 0.25) is 0 Å². The van der Waals surface area contributed by atoms with Crippen LogP contribution in [0.2, 0.25) is 0 Å². The van der Waals surface area contributed by atoms with Crippen LogP contribution in [0.25, 0.3) is 0 Å². The minimum atomic E-state index is -0.758. The lowest BCUT2D eigenvalue weighted by Crippen LogP contribution is -2.45. The van der Waals surface area contributed by atoms with E-state index in [1.807, 2.05) is 12.3 Å². The van der Waals surface area contributed by atoms with Gasteiger partial charge in [-0.25, -0.2) is 0 Å². The fourth-order valence-electron chi connectivity index (χ4n) is 3.22. The summed E-state index contributed by atoms with van der Waals surface area (Å²) in [5.41, 5.74) is 3.33. The van der Waals surface area contributed by atoms with Gasteiger partial charge >= 0.3 is 5.97 Å². The van der Waals surface area contributed by atoms with Crippen LogP contribution in [0.15, 0.2) is 42.7 Å². The van der Waals surface area contributed by atoms with Crippen molar-refractivity contribution in [2.45, 2.75) is 38.8 Å². The predicted molar refractivity (Wildman–Crippen MR) is 103 cm³/mol. The van der Waals surface area contributed by atoms with Crippen LogP contribution in [0.3, 0.4) is 0 Å². The average Bonchev–Trinajstić information content (AvgIpc) is 2.68. The molecule has 1 saturated heterocycles. The zero-order valence-corrected chi connectivity index (χ0v) is 15.6. The molecule has 0 aliphatic carbocycles. The van der Waals surface area contributed by atoms with Gasteiger partial charge in [-0.3, -0.25) is 9.78 Å². The molecule has 27 heavy (non-hydrogen) atoms. The zero-order chi connectivity index (χ0) is 19.1. The van der Waals surface area contributed by atoms with E-state index in [4.69, 9.17) is 14.6 Å². The molecule has 1 aromatic heterocycles. The molecule has 0 bridgehead atoms. The van der Waals surface area contributed by atoms with Gasteiger partial charge in [0, 0.05) is 19.0 Å². The Hall–Kier alpha value is -2.60. The molecule has 2 heterocycles. The van der Waals surface area contributed by atoms with E-state index in [0.717, 1.165) is 30.0 Å². The minimum Gasteiger partial charge on any atom is -0.487 e. The summed E-state index contributed by atoms with van der Waals surface area (Å²) in [6.07, 6.45) is 5.14. The van der Waals surface area contributed by atoms with Crippen molar-refractivity contribution in [3.63, 3.8) is 0 Å². The Morgan fingerprint density at radius 1 is 1.33 bits per heavy atom. The smallest absolute Gasteiger partial charge is 0.303 e. The highest BCUT2D eigenvalue weighted by molar-refractivity contribution is 5.66. The van der Waals surface area contributed by atoms with Gasteiger partial charge in [0.15, 0.2) is 0 Å². The quantitative estimate of drug-likeness (QED) is 0.768. The number of nitrogens with zero attached hydrogens (tertiary/aromatic N) is 2. The van der Waals surface area contributed by atoms with Crippen LogP contribution in [0.4, 0.5) is 5.69 Å². The first-order valence-corrected chi connectivity index (χ1v) is 9.31. The first-order valence-electron chi connectivity index (χ1n) is 9.31. The molecule has 1 unspecified atom stereocenters.